The number of halogens is 3. The molecule has 31 heavy (non-hydrogen) atoms. The number of hydrogen-bond acceptors (Lipinski definition) is 7. The number of aliphatic carboxylic acids is 1. The minimum Gasteiger partial charge on any atom is -0.504 e. The molecule has 1 fully saturated rings. The van der Waals surface area contributed by atoms with E-state index in [1.807, 2.05) is 12.3 Å². The number of phenolic OH excluding ortho intramolecular Hbond substituents is 1. The second-order valence-electron chi connectivity index (χ2n) is 7.56. The number of carboxylic acid groups (broad SMARTS) is 1. The molecular weight excluding hydrogens is 435 g/mol. The molecule has 7 nitrogen and oxygen atoms in total. The number of carbonyl (C=O) groups is 2. The van der Waals surface area contributed by atoms with Crippen molar-refractivity contribution in [2.75, 3.05) is 11.9 Å². The summed E-state index contributed by atoms with van der Waals surface area (Å²) >= 11 is 1.68. The van der Waals surface area contributed by atoms with Crippen molar-refractivity contribution in [3.05, 3.63) is 39.3 Å². The molecule has 1 aliphatic carbocycles. The van der Waals surface area contributed by atoms with Gasteiger partial charge in [-0.2, -0.15) is 13.2 Å². The number of phenols is 1. The van der Waals surface area contributed by atoms with Gasteiger partial charge in [-0.25, -0.2) is 4.79 Å². The average molecular weight is 449 g/mol. The molecule has 0 radical (unpaired) electrons. The van der Waals surface area contributed by atoms with Gasteiger partial charge in [-0.1, -0.05) is 6.08 Å². The number of allylic oxidation sites excluding steroid dienone is 4. The number of thioether (sulfide) groups is 1. The second-order valence-corrected chi connectivity index (χ2v) is 8.80. The van der Waals surface area contributed by atoms with E-state index in [2.05, 4.69) is 10.3 Å². The first-order valence-corrected chi connectivity index (χ1v) is 10.2. The van der Waals surface area contributed by atoms with Crippen LogP contribution in [0.3, 0.4) is 0 Å². The first-order valence-electron chi connectivity index (χ1n) is 9.31. The molecule has 160 valence electrons. The Bertz CT molecular complexity index is 1280. The summed E-state index contributed by atoms with van der Waals surface area (Å²) in [6.07, 6.45) is 3.91. The summed E-state index contributed by atoms with van der Waals surface area (Å²) in [6.45, 7) is 0.735. The highest BCUT2D eigenvalue weighted by Gasteiger charge is 2.52. The number of carbonyl (C=O) groups excluding carboxylic acids is 1. The van der Waals surface area contributed by atoms with Gasteiger partial charge in [0.1, 0.15) is 5.69 Å². The minimum absolute atomic E-state index is 0.0313. The van der Waals surface area contributed by atoms with E-state index in [9.17, 15) is 23.1 Å². The number of aliphatic imine (C=N–C) groups is 1. The zero-order valence-electron chi connectivity index (χ0n) is 15.7. The molecule has 1 saturated heterocycles. The SMILES string of the molecule is O=C(O)C(F)(F)F.O=C1C=C[C@@]23C[C@@H](Nc4c(O)c5c6c(c42)=NCCC=6C=N5)SC3=C1. The number of fused-ring (bicyclic) bond motifs is 3. The first-order chi connectivity index (χ1) is 14.6. The second kappa shape index (κ2) is 6.46. The lowest BCUT2D eigenvalue weighted by Gasteiger charge is -2.35. The minimum atomic E-state index is -5.08. The molecule has 0 unspecified atom stereocenters. The van der Waals surface area contributed by atoms with E-state index in [0.717, 1.165) is 51.7 Å². The van der Waals surface area contributed by atoms with Gasteiger partial charge >= 0.3 is 12.1 Å². The highest BCUT2D eigenvalue weighted by atomic mass is 32.2. The van der Waals surface area contributed by atoms with E-state index >= 15 is 0 Å². The standard InChI is InChI=1S/C18H13N3O2S.C2HF3O2/c22-9-1-3-18-6-11(24-10(18)5-9)21-16-13(18)14-12-8(2-4-19-14)7-20-15(12)17(16)23;3-2(4,5)1(6)7/h1,3,5,7,11,21,23H,2,4,6H2;(H,6,7)/t11-,18-;/m0./s1. The number of carboxylic acids is 1. The molecule has 11 heteroatoms. The molecular formula is C20H14F3N3O4S. The monoisotopic (exact) mass is 449 g/mol. The fourth-order valence-electron chi connectivity index (χ4n) is 4.52. The molecule has 3 N–H and O–H groups in total. The third-order valence-corrected chi connectivity index (χ3v) is 7.06. The molecule has 0 amide bonds. The van der Waals surface area contributed by atoms with Crippen LogP contribution in [0.4, 0.5) is 24.5 Å². The molecule has 2 atom stereocenters. The van der Waals surface area contributed by atoms with Crippen LogP contribution in [0.5, 0.6) is 5.75 Å². The molecule has 0 aromatic heterocycles. The highest BCUT2D eigenvalue weighted by Crippen LogP contribution is 2.60. The molecule has 4 aliphatic heterocycles. The zero-order chi connectivity index (χ0) is 22.1. The number of anilines is 1. The van der Waals surface area contributed by atoms with E-state index in [4.69, 9.17) is 14.9 Å². The fraction of sp³-hybridized carbons (Fsp3) is 0.300. The number of ketones is 1. The van der Waals surface area contributed by atoms with Gasteiger partial charge in [0.25, 0.3) is 0 Å². The smallest absolute Gasteiger partial charge is 0.490 e. The van der Waals surface area contributed by atoms with Gasteiger partial charge < -0.3 is 15.5 Å². The maximum absolute atomic E-state index is 11.9. The Labute approximate surface area is 176 Å². The van der Waals surface area contributed by atoms with Gasteiger partial charge in [0.05, 0.1) is 21.8 Å². The normalized spacial score (nSPS) is 26.0. The lowest BCUT2D eigenvalue weighted by atomic mass is 9.71. The van der Waals surface area contributed by atoms with Crippen molar-refractivity contribution in [2.45, 2.75) is 29.8 Å². The molecule has 5 aliphatic rings. The number of hydrogen-bond donors (Lipinski definition) is 3. The predicted octanol–water partition coefficient (Wildman–Crippen LogP) is 2.06. The van der Waals surface area contributed by atoms with Crippen molar-refractivity contribution < 1.29 is 33.0 Å². The van der Waals surface area contributed by atoms with E-state index < -0.39 is 12.1 Å². The van der Waals surface area contributed by atoms with Crippen molar-refractivity contribution in [1.82, 2.24) is 0 Å². The summed E-state index contributed by atoms with van der Waals surface area (Å²) < 4.78 is 31.7. The Morgan fingerprint density at radius 2 is 2.10 bits per heavy atom. The van der Waals surface area contributed by atoms with Crippen LogP contribution < -0.4 is 15.9 Å². The maximum Gasteiger partial charge on any atom is 0.490 e. The predicted molar refractivity (Wildman–Crippen MR) is 107 cm³/mol. The molecule has 6 rings (SSSR count). The van der Waals surface area contributed by atoms with Crippen LogP contribution in [0.1, 0.15) is 18.4 Å². The summed E-state index contributed by atoms with van der Waals surface area (Å²) in [7, 11) is 0. The Morgan fingerprint density at radius 1 is 1.35 bits per heavy atom. The maximum atomic E-state index is 11.9. The lowest BCUT2D eigenvalue weighted by Crippen LogP contribution is -2.44. The molecule has 1 aromatic rings. The molecule has 4 heterocycles. The van der Waals surface area contributed by atoms with E-state index in [-0.39, 0.29) is 22.3 Å². The van der Waals surface area contributed by atoms with Crippen molar-refractivity contribution in [3.8, 4) is 5.75 Å². The van der Waals surface area contributed by atoms with Crippen LogP contribution in [-0.4, -0.2) is 46.3 Å². The van der Waals surface area contributed by atoms with Crippen LogP contribution >= 0.6 is 11.8 Å². The van der Waals surface area contributed by atoms with Gasteiger partial charge in [-0.3, -0.25) is 14.8 Å². The van der Waals surface area contributed by atoms with E-state index in [1.54, 1.807) is 23.9 Å². The van der Waals surface area contributed by atoms with Gasteiger partial charge in [-0.05, 0) is 30.6 Å². The zero-order valence-corrected chi connectivity index (χ0v) is 16.5. The van der Waals surface area contributed by atoms with Crippen molar-refractivity contribution in [2.24, 2.45) is 9.98 Å². The summed E-state index contributed by atoms with van der Waals surface area (Å²) in [6, 6.07) is 0. The Morgan fingerprint density at radius 3 is 2.81 bits per heavy atom. The third kappa shape index (κ3) is 2.83. The number of nitrogens with one attached hydrogen (secondary N) is 1. The van der Waals surface area contributed by atoms with Gasteiger partial charge in [0.2, 0.25) is 0 Å². The molecule has 1 aromatic carbocycles. The van der Waals surface area contributed by atoms with Crippen LogP contribution in [0.25, 0.3) is 5.57 Å². The first kappa shape index (κ1) is 19.9. The van der Waals surface area contributed by atoms with Crippen molar-refractivity contribution in [3.63, 3.8) is 0 Å². The van der Waals surface area contributed by atoms with Crippen LogP contribution in [0.15, 0.2) is 33.1 Å². The lowest BCUT2D eigenvalue weighted by molar-refractivity contribution is -0.192. The average Bonchev–Trinajstić information content (AvgIpc) is 3.25. The molecule has 0 saturated carbocycles. The fourth-order valence-corrected chi connectivity index (χ4v) is 5.99. The Kier molecular flexibility index (Phi) is 4.14. The summed E-state index contributed by atoms with van der Waals surface area (Å²) in [5.41, 5.74) is 3.19. The largest absolute Gasteiger partial charge is 0.504 e. The van der Waals surface area contributed by atoms with Crippen LogP contribution in [-0.2, 0) is 15.0 Å². The molecule has 2 bridgehead atoms. The van der Waals surface area contributed by atoms with Crippen LogP contribution in [0.2, 0.25) is 0 Å². The Balaban J connectivity index is 0.000000256. The van der Waals surface area contributed by atoms with Gasteiger partial charge in [0.15, 0.2) is 11.5 Å². The highest BCUT2D eigenvalue weighted by molar-refractivity contribution is 8.04. The van der Waals surface area contributed by atoms with Crippen LogP contribution in [0, 0.1) is 0 Å². The number of rotatable bonds is 0. The van der Waals surface area contributed by atoms with Gasteiger partial charge in [-0.15, -0.1) is 11.8 Å². The Hall–Kier alpha value is -3.08. The topological polar surface area (TPSA) is 111 Å². The third-order valence-electron chi connectivity index (χ3n) is 5.76. The summed E-state index contributed by atoms with van der Waals surface area (Å²) in [5, 5.41) is 23.5. The number of benzene rings is 1. The number of alkyl halides is 3. The van der Waals surface area contributed by atoms with Crippen molar-refractivity contribution in [1.29, 1.82) is 0 Å². The quantitative estimate of drug-likeness (QED) is 0.523. The number of nitrogens with zero attached hydrogens (tertiary/aromatic N) is 2. The summed E-state index contributed by atoms with van der Waals surface area (Å²) in [5.74, 6) is -2.51. The van der Waals surface area contributed by atoms with E-state index in [0.29, 0.717) is 5.69 Å². The van der Waals surface area contributed by atoms with E-state index in [1.165, 1.54) is 0 Å². The summed E-state index contributed by atoms with van der Waals surface area (Å²) in [4.78, 5) is 31.1. The van der Waals surface area contributed by atoms with Gasteiger partial charge in [0, 0.05) is 28.4 Å². The van der Waals surface area contributed by atoms with Crippen molar-refractivity contribution >= 4 is 46.7 Å². The molecule has 1 spiro atoms. The number of aromatic hydroxyl groups is 1.